The summed E-state index contributed by atoms with van der Waals surface area (Å²) >= 11 is 0. The predicted molar refractivity (Wildman–Crippen MR) is 165 cm³/mol. The molecule has 0 aliphatic heterocycles. The summed E-state index contributed by atoms with van der Waals surface area (Å²) in [6.07, 6.45) is 0.115. The monoisotopic (exact) mass is 636 g/mol. The molecular formula is C31H39F3N4O5S. The zero-order valence-corrected chi connectivity index (χ0v) is 25.6. The molecule has 2 aromatic carbocycles. The van der Waals surface area contributed by atoms with Gasteiger partial charge in [0, 0.05) is 48.6 Å². The number of anilines is 2. The first-order valence-electron chi connectivity index (χ1n) is 14.5. The standard InChI is InChI=1S/C31H39F3N4O5S/c1-43-30-20-25(44(2,41)42)12-13-28(30)35-14-4-5-24-19-26-27(6-3-7-29(26)38(24)21-31(32,33)34)36-22-8-10-23(11-9-22)37(15-17-39)16-18-40/h3,6-7,12-13,19-20,22-23,35-36,39-40H,8-11,14-18,21H2,1-2H3. The van der Waals surface area contributed by atoms with Gasteiger partial charge in [0.25, 0.3) is 0 Å². The third-order valence-corrected chi connectivity index (χ3v) is 8.93. The van der Waals surface area contributed by atoms with E-state index in [1.165, 1.54) is 23.8 Å². The molecule has 0 saturated heterocycles. The summed E-state index contributed by atoms with van der Waals surface area (Å²) in [5.41, 5.74) is 1.89. The first-order chi connectivity index (χ1) is 20.9. The molecule has 0 amide bonds. The van der Waals surface area contributed by atoms with E-state index < -0.39 is 22.6 Å². The van der Waals surface area contributed by atoms with Crippen molar-refractivity contribution in [2.45, 2.75) is 55.4 Å². The van der Waals surface area contributed by atoms with Crippen LogP contribution in [0.2, 0.25) is 0 Å². The zero-order chi connectivity index (χ0) is 31.9. The SMILES string of the molecule is COc1cc(S(C)(=O)=O)ccc1NCC#Cc1cc2c(NC3CCC(N(CCO)CCO)CC3)cccc2n1CC(F)(F)F. The normalized spacial score (nSPS) is 17.4. The van der Waals surface area contributed by atoms with Crippen LogP contribution in [0.3, 0.4) is 0 Å². The Bertz CT molecular complexity index is 1580. The molecule has 3 aromatic rings. The lowest BCUT2D eigenvalue weighted by Crippen LogP contribution is -2.43. The molecule has 240 valence electrons. The van der Waals surface area contributed by atoms with Gasteiger partial charge in [0.1, 0.15) is 12.3 Å². The highest BCUT2D eigenvalue weighted by Gasteiger charge is 2.30. The minimum Gasteiger partial charge on any atom is -0.495 e. The first-order valence-corrected chi connectivity index (χ1v) is 16.3. The number of halogens is 3. The topological polar surface area (TPSA) is 116 Å². The summed E-state index contributed by atoms with van der Waals surface area (Å²) in [7, 11) is -2.01. The molecule has 9 nitrogen and oxygen atoms in total. The van der Waals surface area contributed by atoms with E-state index in [2.05, 4.69) is 27.4 Å². The zero-order valence-electron chi connectivity index (χ0n) is 24.8. The molecule has 13 heteroatoms. The molecule has 0 spiro atoms. The minimum atomic E-state index is -4.45. The van der Waals surface area contributed by atoms with Gasteiger partial charge in [-0.25, -0.2) is 8.42 Å². The van der Waals surface area contributed by atoms with E-state index in [1.54, 1.807) is 24.3 Å². The van der Waals surface area contributed by atoms with Gasteiger partial charge in [-0.15, -0.1) is 0 Å². The van der Waals surface area contributed by atoms with Crippen LogP contribution in [0.5, 0.6) is 5.75 Å². The van der Waals surface area contributed by atoms with Crippen LogP contribution in [0.25, 0.3) is 10.9 Å². The van der Waals surface area contributed by atoms with E-state index in [0.29, 0.717) is 35.4 Å². The lowest BCUT2D eigenvalue weighted by molar-refractivity contribution is -0.140. The highest BCUT2D eigenvalue weighted by atomic mass is 32.2. The predicted octanol–water partition coefficient (Wildman–Crippen LogP) is 4.09. The average Bonchev–Trinajstić information content (AvgIpc) is 3.31. The lowest BCUT2D eigenvalue weighted by atomic mass is 9.89. The van der Waals surface area contributed by atoms with Crippen molar-refractivity contribution in [1.82, 2.24) is 9.47 Å². The van der Waals surface area contributed by atoms with Crippen LogP contribution < -0.4 is 15.4 Å². The third-order valence-electron chi connectivity index (χ3n) is 7.82. The Morgan fingerprint density at radius 1 is 1.05 bits per heavy atom. The second-order valence-corrected chi connectivity index (χ2v) is 12.9. The van der Waals surface area contributed by atoms with Gasteiger partial charge in [0.05, 0.1) is 48.7 Å². The fourth-order valence-electron chi connectivity index (χ4n) is 5.73. The van der Waals surface area contributed by atoms with E-state index in [-0.39, 0.29) is 42.4 Å². The molecule has 1 aliphatic carbocycles. The summed E-state index contributed by atoms with van der Waals surface area (Å²) in [4.78, 5) is 2.21. The van der Waals surface area contributed by atoms with Crippen LogP contribution in [-0.2, 0) is 16.4 Å². The highest BCUT2D eigenvalue weighted by molar-refractivity contribution is 7.90. The number of fused-ring (bicyclic) bond motifs is 1. The number of benzene rings is 2. The number of nitrogens with one attached hydrogen (secondary N) is 2. The Morgan fingerprint density at radius 2 is 1.75 bits per heavy atom. The van der Waals surface area contributed by atoms with Gasteiger partial charge in [-0.1, -0.05) is 12.0 Å². The number of aliphatic hydroxyl groups is 2. The molecule has 0 unspecified atom stereocenters. The van der Waals surface area contributed by atoms with Gasteiger partial charge < -0.3 is 30.2 Å². The second-order valence-electron chi connectivity index (χ2n) is 10.9. The molecule has 1 heterocycles. The van der Waals surface area contributed by atoms with Gasteiger partial charge in [-0.05, 0) is 61.9 Å². The fraction of sp³-hybridized carbons (Fsp3) is 0.484. The number of methoxy groups -OCH3 is 1. The summed E-state index contributed by atoms with van der Waals surface area (Å²) in [6.45, 7) is -0.0175. The maximum absolute atomic E-state index is 13.6. The molecule has 1 aromatic heterocycles. The van der Waals surface area contributed by atoms with Crippen molar-refractivity contribution in [1.29, 1.82) is 0 Å². The van der Waals surface area contributed by atoms with E-state index >= 15 is 0 Å². The van der Waals surface area contributed by atoms with Gasteiger partial charge in [-0.3, -0.25) is 4.90 Å². The molecule has 4 rings (SSSR count). The maximum atomic E-state index is 13.6. The van der Waals surface area contributed by atoms with Crippen molar-refractivity contribution in [3.63, 3.8) is 0 Å². The number of hydrogen-bond donors (Lipinski definition) is 4. The van der Waals surface area contributed by atoms with Crippen molar-refractivity contribution in [2.75, 3.05) is 56.8 Å². The molecule has 4 N–H and O–H groups in total. The maximum Gasteiger partial charge on any atom is 0.406 e. The van der Waals surface area contributed by atoms with Crippen molar-refractivity contribution >= 4 is 32.1 Å². The van der Waals surface area contributed by atoms with Crippen LogP contribution in [0.1, 0.15) is 31.4 Å². The van der Waals surface area contributed by atoms with Crippen molar-refractivity contribution in [3.8, 4) is 17.6 Å². The number of aliphatic hydroxyl groups excluding tert-OH is 2. The summed E-state index contributed by atoms with van der Waals surface area (Å²) in [6, 6.07) is 11.7. The van der Waals surface area contributed by atoms with Crippen LogP contribution in [-0.4, -0.2) is 92.6 Å². The van der Waals surface area contributed by atoms with Gasteiger partial charge in [0.2, 0.25) is 0 Å². The van der Waals surface area contributed by atoms with E-state index in [0.717, 1.165) is 37.6 Å². The van der Waals surface area contributed by atoms with Crippen LogP contribution in [0.15, 0.2) is 47.4 Å². The lowest BCUT2D eigenvalue weighted by Gasteiger charge is -2.37. The Balaban J connectivity index is 1.53. The van der Waals surface area contributed by atoms with Crippen molar-refractivity contribution in [2.24, 2.45) is 0 Å². The summed E-state index contributed by atoms with van der Waals surface area (Å²) in [5, 5.41) is 26.0. The number of rotatable bonds is 12. The number of alkyl halides is 3. The highest BCUT2D eigenvalue weighted by Crippen LogP contribution is 2.33. The van der Waals surface area contributed by atoms with Crippen LogP contribution >= 0.6 is 0 Å². The second kappa shape index (κ2) is 14.6. The Morgan fingerprint density at radius 3 is 2.36 bits per heavy atom. The number of ether oxygens (including phenoxy) is 1. The largest absolute Gasteiger partial charge is 0.495 e. The number of aromatic nitrogens is 1. The van der Waals surface area contributed by atoms with Crippen molar-refractivity contribution < 1.29 is 36.5 Å². The van der Waals surface area contributed by atoms with E-state index in [9.17, 15) is 31.8 Å². The first kappa shape index (κ1) is 33.5. The van der Waals surface area contributed by atoms with Crippen molar-refractivity contribution in [3.05, 3.63) is 48.2 Å². The molecule has 1 fully saturated rings. The fourth-order valence-corrected chi connectivity index (χ4v) is 6.36. The molecule has 1 saturated carbocycles. The molecule has 1 aliphatic rings. The summed E-state index contributed by atoms with van der Waals surface area (Å²) in [5.74, 6) is 6.07. The average molecular weight is 637 g/mol. The summed E-state index contributed by atoms with van der Waals surface area (Å²) < 4.78 is 71.1. The Hall–Kier alpha value is -3.44. The van der Waals surface area contributed by atoms with Crippen LogP contribution in [0.4, 0.5) is 24.5 Å². The third kappa shape index (κ3) is 8.59. The molecular weight excluding hydrogens is 597 g/mol. The number of nitrogens with zero attached hydrogens (tertiary/aromatic N) is 2. The number of hydrogen-bond acceptors (Lipinski definition) is 8. The van der Waals surface area contributed by atoms with E-state index in [1.807, 2.05) is 6.07 Å². The molecule has 0 bridgehead atoms. The quantitative estimate of drug-likeness (QED) is 0.220. The molecule has 0 radical (unpaired) electrons. The van der Waals surface area contributed by atoms with Gasteiger partial charge in [0.15, 0.2) is 9.84 Å². The van der Waals surface area contributed by atoms with Gasteiger partial charge in [-0.2, -0.15) is 13.2 Å². The smallest absolute Gasteiger partial charge is 0.406 e. The minimum absolute atomic E-state index is 0.0308. The Kier molecular flexibility index (Phi) is 11.1. The molecule has 44 heavy (non-hydrogen) atoms. The molecule has 0 atom stereocenters. The van der Waals surface area contributed by atoms with E-state index in [4.69, 9.17) is 4.74 Å². The van der Waals surface area contributed by atoms with Gasteiger partial charge >= 0.3 is 6.18 Å². The number of sulfone groups is 1. The Labute approximate surface area is 255 Å². The van der Waals surface area contributed by atoms with Crippen LogP contribution in [0, 0.1) is 11.8 Å².